The van der Waals surface area contributed by atoms with Crippen LogP contribution in [-0.2, 0) is 22.7 Å². The van der Waals surface area contributed by atoms with E-state index in [0.717, 1.165) is 11.1 Å². The van der Waals surface area contributed by atoms with Crippen LogP contribution < -0.4 is 10.1 Å². The van der Waals surface area contributed by atoms with Gasteiger partial charge in [-0.2, -0.15) is 0 Å². The van der Waals surface area contributed by atoms with Gasteiger partial charge in [-0.3, -0.25) is 4.79 Å². The van der Waals surface area contributed by atoms with Crippen LogP contribution in [0.15, 0.2) is 84.9 Å². The first-order chi connectivity index (χ1) is 14.1. The van der Waals surface area contributed by atoms with Gasteiger partial charge in [0.1, 0.15) is 12.4 Å². The largest absolute Gasteiger partial charge is 0.489 e. The Morgan fingerprint density at radius 2 is 1.41 bits per heavy atom. The fourth-order valence-corrected chi connectivity index (χ4v) is 2.64. The van der Waals surface area contributed by atoms with Gasteiger partial charge >= 0.3 is 5.97 Å². The third-order valence-electron chi connectivity index (χ3n) is 4.30. The first-order valence-corrected chi connectivity index (χ1v) is 9.41. The van der Waals surface area contributed by atoms with Gasteiger partial charge < -0.3 is 14.8 Å². The molecule has 3 aromatic rings. The number of nitrogens with one attached hydrogen (secondary N) is 1. The Morgan fingerprint density at radius 1 is 0.828 bits per heavy atom. The molecule has 0 heterocycles. The predicted octanol–water partition coefficient (Wildman–Crippen LogP) is 4.13. The monoisotopic (exact) mass is 389 g/mol. The van der Waals surface area contributed by atoms with Gasteiger partial charge in [0.15, 0.2) is 6.10 Å². The summed E-state index contributed by atoms with van der Waals surface area (Å²) in [7, 11) is 0. The third-order valence-corrected chi connectivity index (χ3v) is 4.30. The van der Waals surface area contributed by atoms with Crippen LogP contribution in [0.25, 0.3) is 0 Å². The molecule has 0 spiro atoms. The van der Waals surface area contributed by atoms with Gasteiger partial charge in [-0.25, -0.2) is 4.79 Å². The van der Waals surface area contributed by atoms with Crippen molar-refractivity contribution in [2.24, 2.45) is 0 Å². The van der Waals surface area contributed by atoms with Gasteiger partial charge in [0.05, 0.1) is 5.56 Å². The van der Waals surface area contributed by atoms with Crippen molar-refractivity contribution in [3.63, 3.8) is 0 Å². The van der Waals surface area contributed by atoms with E-state index >= 15 is 0 Å². The summed E-state index contributed by atoms with van der Waals surface area (Å²) in [6.07, 6.45) is -0.889. The molecule has 29 heavy (non-hydrogen) atoms. The number of carbonyl (C=O) groups is 2. The number of ether oxygens (including phenoxy) is 2. The number of rotatable bonds is 8. The molecule has 3 rings (SSSR count). The van der Waals surface area contributed by atoms with Crippen LogP contribution >= 0.6 is 0 Å². The molecule has 0 bridgehead atoms. The van der Waals surface area contributed by atoms with Crippen molar-refractivity contribution in [1.29, 1.82) is 0 Å². The molecule has 5 heteroatoms. The lowest BCUT2D eigenvalue weighted by molar-refractivity contribution is -0.129. The zero-order chi connectivity index (χ0) is 20.5. The molecule has 1 N–H and O–H groups in total. The fraction of sp³-hybridized carbons (Fsp3) is 0.167. The highest BCUT2D eigenvalue weighted by atomic mass is 16.5. The molecule has 0 fully saturated rings. The minimum absolute atomic E-state index is 0.343. The average Bonchev–Trinajstić information content (AvgIpc) is 2.77. The van der Waals surface area contributed by atoms with Crippen molar-refractivity contribution in [2.45, 2.75) is 26.2 Å². The predicted molar refractivity (Wildman–Crippen MR) is 110 cm³/mol. The standard InChI is InChI=1S/C24H23NO4/c1-18(23(26)25-16-19-8-4-2-5-9-19)29-24(27)21-12-14-22(15-13-21)28-17-20-10-6-3-7-11-20/h2-15,18H,16-17H2,1H3,(H,25,26)/t18-/m0/s1. The molecule has 0 aliphatic heterocycles. The van der Waals surface area contributed by atoms with Crippen LogP contribution in [0, 0.1) is 0 Å². The van der Waals surface area contributed by atoms with Gasteiger partial charge in [-0.15, -0.1) is 0 Å². The van der Waals surface area contributed by atoms with E-state index in [-0.39, 0.29) is 5.91 Å². The van der Waals surface area contributed by atoms with E-state index in [9.17, 15) is 9.59 Å². The van der Waals surface area contributed by atoms with E-state index in [0.29, 0.717) is 24.5 Å². The Labute approximate surface area is 170 Å². The number of hydrogen-bond acceptors (Lipinski definition) is 4. The zero-order valence-electron chi connectivity index (χ0n) is 16.2. The summed E-state index contributed by atoms with van der Waals surface area (Å²) in [6, 6.07) is 26.0. The zero-order valence-corrected chi connectivity index (χ0v) is 16.2. The number of benzene rings is 3. The quantitative estimate of drug-likeness (QED) is 0.589. The second kappa shape index (κ2) is 10.1. The lowest BCUT2D eigenvalue weighted by Gasteiger charge is -2.14. The highest BCUT2D eigenvalue weighted by molar-refractivity contribution is 5.92. The summed E-state index contributed by atoms with van der Waals surface area (Å²) >= 11 is 0. The van der Waals surface area contributed by atoms with Gasteiger partial charge in [-0.05, 0) is 42.3 Å². The molecule has 1 amide bonds. The van der Waals surface area contributed by atoms with Crippen LogP contribution in [0.3, 0.4) is 0 Å². The van der Waals surface area contributed by atoms with Crippen molar-refractivity contribution < 1.29 is 19.1 Å². The van der Waals surface area contributed by atoms with Crippen LogP contribution in [0.1, 0.15) is 28.4 Å². The van der Waals surface area contributed by atoms with Gasteiger partial charge in [0.25, 0.3) is 5.91 Å². The molecule has 5 nitrogen and oxygen atoms in total. The van der Waals surface area contributed by atoms with Gasteiger partial charge in [0, 0.05) is 6.54 Å². The van der Waals surface area contributed by atoms with E-state index in [4.69, 9.17) is 9.47 Å². The Balaban J connectivity index is 1.47. The van der Waals surface area contributed by atoms with E-state index in [1.165, 1.54) is 0 Å². The number of carbonyl (C=O) groups excluding carboxylic acids is 2. The van der Waals surface area contributed by atoms with Crippen molar-refractivity contribution in [3.05, 3.63) is 102 Å². The van der Waals surface area contributed by atoms with E-state index in [1.54, 1.807) is 31.2 Å². The number of amides is 1. The lowest BCUT2D eigenvalue weighted by atomic mass is 10.2. The fourth-order valence-electron chi connectivity index (χ4n) is 2.64. The molecule has 0 unspecified atom stereocenters. The summed E-state index contributed by atoms with van der Waals surface area (Å²) in [4.78, 5) is 24.4. The topological polar surface area (TPSA) is 64.6 Å². The maximum absolute atomic E-state index is 12.3. The van der Waals surface area contributed by atoms with Crippen LogP contribution in [0.5, 0.6) is 5.75 Å². The molecule has 1 atom stereocenters. The molecule has 0 saturated heterocycles. The summed E-state index contributed by atoms with van der Waals surface area (Å²) in [5.74, 6) is -0.244. The van der Waals surface area contributed by atoms with Crippen LogP contribution in [-0.4, -0.2) is 18.0 Å². The van der Waals surface area contributed by atoms with Crippen molar-refractivity contribution >= 4 is 11.9 Å². The van der Waals surface area contributed by atoms with Crippen LogP contribution in [0.2, 0.25) is 0 Å². The van der Waals surface area contributed by atoms with Crippen LogP contribution in [0.4, 0.5) is 0 Å². The molecule has 3 aromatic carbocycles. The van der Waals surface area contributed by atoms with E-state index in [1.807, 2.05) is 60.7 Å². The Morgan fingerprint density at radius 3 is 2.03 bits per heavy atom. The Kier molecular flexibility index (Phi) is 7.00. The lowest BCUT2D eigenvalue weighted by Crippen LogP contribution is -2.35. The second-order valence-electron chi connectivity index (χ2n) is 6.55. The number of hydrogen-bond donors (Lipinski definition) is 1. The highest BCUT2D eigenvalue weighted by Gasteiger charge is 2.18. The molecule has 148 valence electrons. The normalized spacial score (nSPS) is 11.3. The average molecular weight is 389 g/mol. The van der Waals surface area contributed by atoms with Crippen molar-refractivity contribution in [1.82, 2.24) is 5.32 Å². The minimum Gasteiger partial charge on any atom is -0.489 e. The summed E-state index contributed by atoms with van der Waals surface area (Å²) < 4.78 is 11.0. The van der Waals surface area contributed by atoms with Gasteiger partial charge in [-0.1, -0.05) is 60.7 Å². The molecule has 0 saturated carbocycles. The third kappa shape index (κ3) is 6.21. The highest BCUT2D eigenvalue weighted by Crippen LogP contribution is 2.15. The molecule has 0 aliphatic carbocycles. The smallest absolute Gasteiger partial charge is 0.338 e. The molecule has 0 radical (unpaired) electrons. The van der Waals surface area contributed by atoms with E-state index in [2.05, 4.69) is 5.32 Å². The summed E-state index contributed by atoms with van der Waals surface area (Å²) in [5.41, 5.74) is 2.40. The van der Waals surface area contributed by atoms with E-state index < -0.39 is 12.1 Å². The molecule has 0 aromatic heterocycles. The Hall–Kier alpha value is -3.60. The molecule has 0 aliphatic rings. The maximum Gasteiger partial charge on any atom is 0.338 e. The van der Waals surface area contributed by atoms with Crippen molar-refractivity contribution in [2.75, 3.05) is 0 Å². The summed E-state index contributed by atoms with van der Waals surface area (Å²) in [6.45, 7) is 2.38. The minimum atomic E-state index is -0.889. The molecular weight excluding hydrogens is 366 g/mol. The first-order valence-electron chi connectivity index (χ1n) is 9.41. The maximum atomic E-state index is 12.3. The van der Waals surface area contributed by atoms with Gasteiger partial charge in [0.2, 0.25) is 0 Å². The van der Waals surface area contributed by atoms with Crippen molar-refractivity contribution in [3.8, 4) is 5.75 Å². The number of esters is 1. The SMILES string of the molecule is C[C@H](OC(=O)c1ccc(OCc2ccccc2)cc1)C(=O)NCc1ccccc1. The molecular formula is C24H23NO4. The first kappa shape index (κ1) is 20.1. The second-order valence-corrected chi connectivity index (χ2v) is 6.55. The summed E-state index contributed by atoms with van der Waals surface area (Å²) in [5, 5.41) is 2.76. The Bertz CT molecular complexity index is 924.